The lowest BCUT2D eigenvalue weighted by molar-refractivity contribution is 0.0700. The Morgan fingerprint density at radius 3 is 2.58 bits per heavy atom. The molecule has 0 spiro atoms. The summed E-state index contributed by atoms with van der Waals surface area (Å²) in [7, 11) is 1.65. The summed E-state index contributed by atoms with van der Waals surface area (Å²) in [4.78, 5) is 23.5. The zero-order valence-electron chi connectivity index (χ0n) is 10.8. The van der Waals surface area contributed by atoms with E-state index in [0.717, 1.165) is 37.0 Å². The molecule has 0 aliphatic heterocycles. The number of thiophene rings is 1. The number of aromatic carboxylic acids is 1. The summed E-state index contributed by atoms with van der Waals surface area (Å²) in [5.74, 6) is -1.19. The average molecular weight is 283 g/mol. The van der Waals surface area contributed by atoms with Gasteiger partial charge in [0, 0.05) is 19.3 Å². The van der Waals surface area contributed by atoms with Crippen molar-refractivity contribution in [2.45, 2.75) is 31.2 Å². The van der Waals surface area contributed by atoms with E-state index in [9.17, 15) is 9.59 Å². The van der Waals surface area contributed by atoms with E-state index in [1.807, 2.05) is 0 Å². The van der Waals surface area contributed by atoms with Crippen molar-refractivity contribution >= 4 is 23.2 Å². The molecule has 1 fully saturated rings. The van der Waals surface area contributed by atoms with Gasteiger partial charge in [-0.25, -0.2) is 4.79 Å². The minimum atomic E-state index is -0.998. The van der Waals surface area contributed by atoms with Crippen LogP contribution in [0.25, 0.3) is 0 Å². The lowest BCUT2D eigenvalue weighted by atomic mass is 9.74. The number of rotatable bonds is 6. The molecule has 0 saturated heterocycles. The Kier molecular flexibility index (Phi) is 4.21. The van der Waals surface area contributed by atoms with Crippen LogP contribution < -0.4 is 5.32 Å². The van der Waals surface area contributed by atoms with E-state index in [1.54, 1.807) is 13.2 Å². The summed E-state index contributed by atoms with van der Waals surface area (Å²) < 4.78 is 5.07. The molecule has 2 N–H and O–H groups in total. The van der Waals surface area contributed by atoms with Crippen LogP contribution in [0.5, 0.6) is 0 Å². The highest BCUT2D eigenvalue weighted by Gasteiger charge is 2.38. The lowest BCUT2D eigenvalue weighted by Crippen LogP contribution is -2.53. The molecule has 19 heavy (non-hydrogen) atoms. The monoisotopic (exact) mass is 283 g/mol. The third-order valence-corrected chi connectivity index (χ3v) is 4.59. The average Bonchev–Trinajstić information content (AvgIpc) is 2.81. The molecule has 1 saturated carbocycles. The molecule has 1 aliphatic carbocycles. The Hall–Kier alpha value is -1.40. The van der Waals surface area contributed by atoms with E-state index < -0.39 is 5.97 Å². The number of carbonyl (C=O) groups is 2. The van der Waals surface area contributed by atoms with Crippen LogP contribution >= 0.6 is 11.3 Å². The lowest BCUT2D eigenvalue weighted by Gasteiger charge is -2.42. The zero-order valence-corrected chi connectivity index (χ0v) is 11.6. The highest BCUT2D eigenvalue weighted by atomic mass is 32.1. The van der Waals surface area contributed by atoms with Crippen LogP contribution in [0, 0.1) is 0 Å². The molecule has 1 heterocycles. The van der Waals surface area contributed by atoms with Gasteiger partial charge in [-0.15, -0.1) is 11.3 Å². The summed E-state index contributed by atoms with van der Waals surface area (Å²) in [6.45, 7) is 0.616. The van der Waals surface area contributed by atoms with Gasteiger partial charge in [-0.05, 0) is 37.8 Å². The molecule has 0 aromatic carbocycles. The van der Waals surface area contributed by atoms with Crippen molar-refractivity contribution < 1.29 is 19.4 Å². The molecule has 6 heteroatoms. The minimum Gasteiger partial charge on any atom is -0.477 e. The first-order valence-electron chi connectivity index (χ1n) is 6.21. The molecule has 0 unspecified atom stereocenters. The minimum absolute atomic E-state index is 0.166. The van der Waals surface area contributed by atoms with Crippen LogP contribution in [-0.4, -0.2) is 36.2 Å². The Bertz CT molecular complexity index is 479. The van der Waals surface area contributed by atoms with E-state index in [-0.39, 0.29) is 16.3 Å². The van der Waals surface area contributed by atoms with E-state index in [0.29, 0.717) is 11.5 Å². The van der Waals surface area contributed by atoms with Gasteiger partial charge in [-0.2, -0.15) is 0 Å². The van der Waals surface area contributed by atoms with Crippen LogP contribution in [0.1, 0.15) is 45.0 Å². The Labute approximate surface area is 115 Å². The molecular formula is C13H17NO4S. The molecule has 1 amide bonds. The SMILES string of the molecule is COCCC1(NC(=O)c2ccc(C(=O)O)s2)CCC1. The second kappa shape index (κ2) is 5.71. The van der Waals surface area contributed by atoms with Crippen molar-refractivity contribution in [3.63, 3.8) is 0 Å². The highest BCUT2D eigenvalue weighted by Crippen LogP contribution is 2.35. The summed E-state index contributed by atoms with van der Waals surface area (Å²) in [6, 6.07) is 3.02. The first-order chi connectivity index (χ1) is 9.06. The van der Waals surface area contributed by atoms with Gasteiger partial charge >= 0.3 is 5.97 Å². The normalized spacial score (nSPS) is 16.7. The quantitative estimate of drug-likeness (QED) is 0.838. The van der Waals surface area contributed by atoms with Gasteiger partial charge < -0.3 is 15.2 Å². The fraction of sp³-hybridized carbons (Fsp3) is 0.538. The first-order valence-corrected chi connectivity index (χ1v) is 7.02. The molecule has 1 aromatic heterocycles. The fourth-order valence-electron chi connectivity index (χ4n) is 2.22. The van der Waals surface area contributed by atoms with Gasteiger partial charge in [0.05, 0.1) is 4.88 Å². The number of carbonyl (C=O) groups excluding carboxylic acids is 1. The number of carboxylic acids is 1. The number of hydrogen-bond acceptors (Lipinski definition) is 4. The van der Waals surface area contributed by atoms with Crippen LogP contribution in [0.3, 0.4) is 0 Å². The molecule has 104 valence electrons. The molecule has 0 bridgehead atoms. The Balaban J connectivity index is 2.00. The molecular weight excluding hydrogens is 266 g/mol. The van der Waals surface area contributed by atoms with Crippen molar-refractivity contribution in [2.75, 3.05) is 13.7 Å². The van der Waals surface area contributed by atoms with E-state index >= 15 is 0 Å². The number of carboxylic acid groups (broad SMARTS) is 1. The number of nitrogens with one attached hydrogen (secondary N) is 1. The second-order valence-electron chi connectivity index (χ2n) is 4.80. The summed E-state index contributed by atoms with van der Waals surface area (Å²) in [6.07, 6.45) is 3.82. The maximum Gasteiger partial charge on any atom is 0.345 e. The van der Waals surface area contributed by atoms with Gasteiger partial charge in [0.2, 0.25) is 0 Å². The standard InChI is InChI=1S/C13H17NO4S/c1-18-8-7-13(5-2-6-13)14-11(15)9-3-4-10(19-9)12(16)17/h3-4H,2,5-8H2,1H3,(H,14,15)(H,16,17). The van der Waals surface area contributed by atoms with Crippen molar-refractivity contribution in [3.05, 3.63) is 21.9 Å². The van der Waals surface area contributed by atoms with E-state index in [1.165, 1.54) is 6.07 Å². The van der Waals surface area contributed by atoms with E-state index in [2.05, 4.69) is 5.32 Å². The van der Waals surface area contributed by atoms with Crippen LogP contribution in [-0.2, 0) is 4.74 Å². The molecule has 2 rings (SSSR count). The smallest absolute Gasteiger partial charge is 0.345 e. The number of hydrogen-bond donors (Lipinski definition) is 2. The van der Waals surface area contributed by atoms with E-state index in [4.69, 9.17) is 9.84 Å². The van der Waals surface area contributed by atoms with Crippen LogP contribution in [0.15, 0.2) is 12.1 Å². The number of methoxy groups -OCH3 is 1. The fourth-order valence-corrected chi connectivity index (χ4v) is 2.96. The van der Waals surface area contributed by atoms with Crippen LogP contribution in [0.2, 0.25) is 0 Å². The molecule has 5 nitrogen and oxygen atoms in total. The first kappa shape index (κ1) is 14.0. The largest absolute Gasteiger partial charge is 0.477 e. The summed E-state index contributed by atoms with van der Waals surface area (Å²) >= 11 is 1.01. The Morgan fingerprint density at radius 1 is 1.42 bits per heavy atom. The molecule has 0 atom stereocenters. The third kappa shape index (κ3) is 3.13. The third-order valence-electron chi connectivity index (χ3n) is 3.51. The van der Waals surface area contributed by atoms with Gasteiger partial charge in [-0.3, -0.25) is 4.79 Å². The van der Waals surface area contributed by atoms with Crippen LogP contribution in [0.4, 0.5) is 0 Å². The molecule has 0 radical (unpaired) electrons. The second-order valence-corrected chi connectivity index (χ2v) is 5.88. The number of ether oxygens (including phenoxy) is 1. The van der Waals surface area contributed by atoms with Gasteiger partial charge in [0.15, 0.2) is 0 Å². The van der Waals surface area contributed by atoms with Crippen molar-refractivity contribution in [1.82, 2.24) is 5.32 Å². The van der Waals surface area contributed by atoms with Gasteiger partial charge in [0.1, 0.15) is 4.88 Å². The predicted octanol–water partition coefficient (Wildman–Crippen LogP) is 2.14. The highest BCUT2D eigenvalue weighted by molar-refractivity contribution is 7.15. The van der Waals surface area contributed by atoms with Gasteiger partial charge in [0.25, 0.3) is 5.91 Å². The van der Waals surface area contributed by atoms with Gasteiger partial charge in [-0.1, -0.05) is 0 Å². The number of amides is 1. The van der Waals surface area contributed by atoms with Crippen molar-refractivity contribution in [2.24, 2.45) is 0 Å². The molecule has 1 aliphatic rings. The Morgan fingerprint density at radius 2 is 2.11 bits per heavy atom. The van der Waals surface area contributed by atoms with Crippen molar-refractivity contribution in [3.8, 4) is 0 Å². The summed E-state index contributed by atoms with van der Waals surface area (Å²) in [5, 5.41) is 11.9. The molecule has 1 aromatic rings. The summed E-state index contributed by atoms with van der Waals surface area (Å²) in [5.41, 5.74) is -0.166. The maximum absolute atomic E-state index is 12.1. The topological polar surface area (TPSA) is 75.6 Å². The van der Waals surface area contributed by atoms with Crippen molar-refractivity contribution in [1.29, 1.82) is 0 Å². The zero-order chi connectivity index (χ0) is 13.9. The maximum atomic E-state index is 12.1. The predicted molar refractivity (Wildman–Crippen MR) is 71.8 cm³/mol.